The molecule has 3 aromatic carbocycles. The molecule has 0 radical (unpaired) electrons. The minimum absolute atomic E-state index is 0.0505. The zero-order chi connectivity index (χ0) is 21.2. The molecule has 3 rings (SSSR count). The molecule has 30 heavy (non-hydrogen) atoms. The second kappa shape index (κ2) is 10.7. The topological polar surface area (TPSA) is 73.9 Å². The van der Waals surface area contributed by atoms with Gasteiger partial charge in [0.1, 0.15) is 11.5 Å². The molecule has 0 aliphatic carbocycles. The normalized spacial score (nSPS) is 10.2. The fourth-order valence-electron chi connectivity index (χ4n) is 2.57. The highest BCUT2D eigenvalue weighted by atomic mass is 16.5. The summed E-state index contributed by atoms with van der Waals surface area (Å²) in [5, 5.41) is 2.70. The summed E-state index contributed by atoms with van der Waals surface area (Å²) in [7, 11) is 0. The molecular weight excluding hydrogens is 382 g/mol. The van der Waals surface area contributed by atoms with E-state index in [4.69, 9.17) is 14.2 Å². The number of hydrogen-bond donors (Lipinski definition) is 1. The number of aryl methyl sites for hydroxylation is 1. The summed E-state index contributed by atoms with van der Waals surface area (Å²) < 4.78 is 16.3. The third-order valence-electron chi connectivity index (χ3n) is 4.09. The van der Waals surface area contributed by atoms with Gasteiger partial charge in [0, 0.05) is 0 Å². The van der Waals surface area contributed by atoms with Gasteiger partial charge in [0.25, 0.3) is 5.91 Å². The summed E-state index contributed by atoms with van der Waals surface area (Å²) in [6.45, 7) is 1.78. The zero-order valence-corrected chi connectivity index (χ0v) is 16.7. The molecule has 0 heterocycles. The van der Waals surface area contributed by atoms with Crippen LogP contribution in [-0.4, -0.2) is 25.1 Å². The van der Waals surface area contributed by atoms with Crippen molar-refractivity contribution in [2.45, 2.75) is 13.3 Å². The van der Waals surface area contributed by atoms with Gasteiger partial charge in [0.2, 0.25) is 0 Å². The third kappa shape index (κ3) is 6.67. The molecule has 6 heteroatoms. The third-order valence-corrected chi connectivity index (χ3v) is 4.09. The average molecular weight is 405 g/mol. The van der Waals surface area contributed by atoms with Crippen LogP contribution in [0.25, 0.3) is 0 Å². The maximum absolute atomic E-state index is 12.2. The van der Waals surface area contributed by atoms with E-state index < -0.39 is 11.9 Å². The first-order valence-corrected chi connectivity index (χ1v) is 9.57. The van der Waals surface area contributed by atoms with E-state index in [2.05, 4.69) is 5.32 Å². The van der Waals surface area contributed by atoms with E-state index in [0.717, 1.165) is 5.56 Å². The van der Waals surface area contributed by atoms with Gasteiger partial charge in [-0.25, -0.2) is 0 Å². The van der Waals surface area contributed by atoms with Crippen LogP contribution in [0, 0.1) is 6.92 Å². The molecule has 0 fully saturated rings. The molecule has 0 aliphatic heterocycles. The Morgan fingerprint density at radius 3 is 2.30 bits per heavy atom. The molecule has 1 N–H and O–H groups in total. The summed E-state index contributed by atoms with van der Waals surface area (Å²) in [6, 6.07) is 23.8. The Bertz CT molecular complexity index is 970. The number of amides is 1. The van der Waals surface area contributed by atoms with Gasteiger partial charge in [-0.1, -0.05) is 48.0 Å². The minimum Gasteiger partial charge on any atom is -0.493 e. The second-order valence-corrected chi connectivity index (χ2v) is 6.53. The summed E-state index contributed by atoms with van der Waals surface area (Å²) in [5.41, 5.74) is 1.62. The Hall–Kier alpha value is -3.80. The number of hydrogen-bond acceptors (Lipinski definition) is 5. The molecule has 0 spiro atoms. The number of carbonyl (C=O) groups is 2. The Morgan fingerprint density at radius 1 is 0.833 bits per heavy atom. The molecule has 0 saturated carbocycles. The van der Waals surface area contributed by atoms with Gasteiger partial charge in [-0.3, -0.25) is 9.59 Å². The van der Waals surface area contributed by atoms with Crippen LogP contribution in [0.15, 0.2) is 78.9 Å². The smallest absolute Gasteiger partial charge is 0.309 e. The van der Waals surface area contributed by atoms with Gasteiger partial charge in [0.05, 0.1) is 18.7 Å². The summed E-state index contributed by atoms with van der Waals surface area (Å²) in [5.74, 6) is 0.869. The number of benzene rings is 3. The maximum Gasteiger partial charge on any atom is 0.309 e. The van der Waals surface area contributed by atoms with Crippen LogP contribution < -0.4 is 14.8 Å². The number of ether oxygens (including phenoxy) is 3. The van der Waals surface area contributed by atoms with E-state index >= 15 is 0 Å². The van der Waals surface area contributed by atoms with E-state index in [9.17, 15) is 9.59 Å². The average Bonchev–Trinajstić information content (AvgIpc) is 2.76. The van der Waals surface area contributed by atoms with Crippen molar-refractivity contribution < 1.29 is 23.8 Å². The fraction of sp³-hybridized carbons (Fsp3) is 0.167. The lowest BCUT2D eigenvalue weighted by molar-refractivity contribution is -0.147. The molecule has 0 bridgehead atoms. The number of para-hydroxylation sites is 3. The lowest BCUT2D eigenvalue weighted by atomic mass is 10.2. The predicted octanol–water partition coefficient (Wildman–Crippen LogP) is 4.74. The van der Waals surface area contributed by atoms with Crippen LogP contribution in [0.4, 0.5) is 5.69 Å². The molecule has 154 valence electrons. The predicted molar refractivity (Wildman–Crippen MR) is 114 cm³/mol. The highest BCUT2D eigenvalue weighted by Gasteiger charge is 2.11. The van der Waals surface area contributed by atoms with E-state index in [1.807, 2.05) is 67.6 Å². The van der Waals surface area contributed by atoms with Gasteiger partial charge in [0.15, 0.2) is 12.4 Å². The van der Waals surface area contributed by atoms with Crippen molar-refractivity contribution in [3.8, 4) is 17.2 Å². The highest BCUT2D eigenvalue weighted by Crippen LogP contribution is 2.29. The lowest BCUT2D eigenvalue weighted by Gasteiger charge is -2.12. The van der Waals surface area contributed by atoms with Crippen molar-refractivity contribution in [3.63, 3.8) is 0 Å². The first-order chi connectivity index (χ1) is 14.6. The summed E-state index contributed by atoms with van der Waals surface area (Å²) in [4.78, 5) is 24.0. The number of nitrogens with one attached hydrogen (secondary N) is 1. The van der Waals surface area contributed by atoms with Crippen molar-refractivity contribution in [2.75, 3.05) is 18.5 Å². The van der Waals surface area contributed by atoms with E-state index in [1.165, 1.54) is 0 Å². The van der Waals surface area contributed by atoms with Crippen LogP contribution in [0.1, 0.15) is 12.0 Å². The van der Waals surface area contributed by atoms with Crippen molar-refractivity contribution in [1.82, 2.24) is 0 Å². The van der Waals surface area contributed by atoms with Crippen LogP contribution in [0.2, 0.25) is 0 Å². The molecule has 0 aliphatic rings. The Balaban J connectivity index is 1.43. The molecule has 0 unspecified atom stereocenters. The number of anilines is 1. The lowest BCUT2D eigenvalue weighted by Crippen LogP contribution is -2.21. The Morgan fingerprint density at radius 2 is 1.53 bits per heavy atom. The van der Waals surface area contributed by atoms with Crippen molar-refractivity contribution in [2.24, 2.45) is 0 Å². The van der Waals surface area contributed by atoms with Gasteiger partial charge in [-0.15, -0.1) is 0 Å². The van der Waals surface area contributed by atoms with Gasteiger partial charge in [-0.2, -0.15) is 0 Å². The highest BCUT2D eigenvalue weighted by molar-refractivity contribution is 5.94. The number of esters is 1. The zero-order valence-electron chi connectivity index (χ0n) is 16.7. The first kappa shape index (κ1) is 20.9. The Labute approximate surface area is 175 Å². The number of rotatable bonds is 9. The van der Waals surface area contributed by atoms with Gasteiger partial charge < -0.3 is 19.5 Å². The quantitative estimate of drug-likeness (QED) is 0.521. The van der Waals surface area contributed by atoms with E-state index in [1.54, 1.807) is 18.2 Å². The largest absolute Gasteiger partial charge is 0.493 e. The molecule has 1 amide bonds. The second-order valence-electron chi connectivity index (χ2n) is 6.53. The van der Waals surface area contributed by atoms with Crippen LogP contribution in [-0.2, 0) is 14.3 Å². The molecular formula is C24H23NO5. The fourth-order valence-corrected chi connectivity index (χ4v) is 2.57. The minimum atomic E-state index is -0.508. The summed E-state index contributed by atoms with van der Waals surface area (Å²) in [6.07, 6.45) is 0.0505. The van der Waals surface area contributed by atoms with E-state index in [0.29, 0.717) is 22.9 Å². The van der Waals surface area contributed by atoms with Crippen LogP contribution in [0.5, 0.6) is 17.2 Å². The molecule has 0 saturated heterocycles. The van der Waals surface area contributed by atoms with E-state index in [-0.39, 0.29) is 19.6 Å². The summed E-state index contributed by atoms with van der Waals surface area (Å²) >= 11 is 0. The van der Waals surface area contributed by atoms with Gasteiger partial charge in [-0.05, 0) is 43.3 Å². The van der Waals surface area contributed by atoms with Crippen LogP contribution >= 0.6 is 0 Å². The maximum atomic E-state index is 12.2. The standard InChI is InChI=1S/C24H23NO5/c1-18-11-13-19(14-12-18)28-16-15-24(27)29-17-23(26)25-21-9-5-6-10-22(21)30-20-7-3-2-4-8-20/h2-14H,15-17H2,1H3,(H,25,26). The molecule has 0 aromatic heterocycles. The van der Waals surface area contributed by atoms with Crippen LogP contribution in [0.3, 0.4) is 0 Å². The monoisotopic (exact) mass is 405 g/mol. The Kier molecular flexibility index (Phi) is 7.44. The first-order valence-electron chi connectivity index (χ1n) is 9.57. The molecule has 3 aromatic rings. The van der Waals surface area contributed by atoms with Crippen molar-refractivity contribution >= 4 is 17.6 Å². The van der Waals surface area contributed by atoms with Gasteiger partial charge >= 0.3 is 5.97 Å². The van der Waals surface area contributed by atoms with Crippen molar-refractivity contribution in [1.29, 1.82) is 0 Å². The van der Waals surface area contributed by atoms with Crippen molar-refractivity contribution in [3.05, 3.63) is 84.4 Å². The SMILES string of the molecule is Cc1ccc(OCCC(=O)OCC(=O)Nc2ccccc2Oc2ccccc2)cc1. The number of carbonyl (C=O) groups excluding carboxylic acids is 2. The molecule has 6 nitrogen and oxygen atoms in total. The molecule has 0 atom stereocenters.